The van der Waals surface area contributed by atoms with Crippen molar-refractivity contribution in [3.63, 3.8) is 0 Å². The highest BCUT2D eigenvalue weighted by atomic mass is 35.5. The average Bonchev–Trinajstić information content (AvgIpc) is 3.05. The van der Waals surface area contributed by atoms with Crippen LogP contribution >= 0.6 is 12.4 Å². The number of primary amides is 1. The van der Waals surface area contributed by atoms with Gasteiger partial charge in [-0.3, -0.25) is 9.59 Å². The number of halogens is 4. The molecule has 3 N–H and O–H groups in total. The van der Waals surface area contributed by atoms with E-state index in [4.69, 9.17) is 5.73 Å². The van der Waals surface area contributed by atoms with Gasteiger partial charge in [0.1, 0.15) is 0 Å². The molecule has 1 aliphatic rings. The number of hydrogen-bond donors (Lipinski definition) is 2. The molecule has 0 saturated heterocycles. The predicted octanol–water partition coefficient (Wildman–Crippen LogP) is 4.30. The van der Waals surface area contributed by atoms with Gasteiger partial charge in [-0.25, -0.2) is 0 Å². The highest BCUT2D eigenvalue weighted by molar-refractivity contribution is 6.11. The fourth-order valence-corrected chi connectivity index (χ4v) is 4.68. The maximum atomic E-state index is 14.3. The topological polar surface area (TPSA) is 86.9 Å². The zero-order valence-corrected chi connectivity index (χ0v) is 20.6. The van der Waals surface area contributed by atoms with E-state index in [2.05, 4.69) is 0 Å². The molecule has 2 amide bonds. The number of amides is 2. The molecule has 10 heteroatoms. The molecule has 0 aromatic heterocycles. The van der Waals surface area contributed by atoms with Crippen molar-refractivity contribution < 1.29 is 27.9 Å². The molecule has 0 aliphatic carbocycles. The van der Waals surface area contributed by atoms with E-state index < -0.39 is 34.7 Å². The summed E-state index contributed by atoms with van der Waals surface area (Å²) in [6.07, 6.45) is -4.95. The summed E-state index contributed by atoms with van der Waals surface area (Å²) in [5.41, 5.74) is 0.342. The average molecular weight is 522 g/mol. The predicted molar refractivity (Wildman–Crippen MR) is 134 cm³/mol. The van der Waals surface area contributed by atoms with Gasteiger partial charge in [0, 0.05) is 24.2 Å². The first-order valence-electron chi connectivity index (χ1n) is 11.3. The van der Waals surface area contributed by atoms with E-state index in [0.717, 1.165) is 16.4 Å². The van der Waals surface area contributed by atoms with Crippen LogP contribution in [0.3, 0.4) is 0 Å². The minimum atomic E-state index is -4.95. The Morgan fingerprint density at radius 2 is 1.69 bits per heavy atom. The van der Waals surface area contributed by atoms with Crippen molar-refractivity contribution in [2.75, 3.05) is 31.1 Å². The second kappa shape index (κ2) is 10.1. The third-order valence-corrected chi connectivity index (χ3v) is 6.62. The van der Waals surface area contributed by atoms with Crippen LogP contribution in [-0.4, -0.2) is 48.0 Å². The third kappa shape index (κ3) is 4.54. The van der Waals surface area contributed by atoms with Crippen LogP contribution in [0.4, 0.5) is 18.9 Å². The molecule has 1 atom stereocenters. The highest BCUT2D eigenvalue weighted by Gasteiger charge is 2.56. The Balaban J connectivity index is 0.00000361. The Morgan fingerprint density at radius 3 is 2.28 bits per heavy atom. The number of alkyl halides is 3. The van der Waals surface area contributed by atoms with Crippen LogP contribution in [0.1, 0.15) is 40.9 Å². The third-order valence-electron chi connectivity index (χ3n) is 6.62. The number of nitrogens with zero attached hydrogens (tertiary/aromatic N) is 2. The molecule has 1 heterocycles. The molecule has 0 saturated carbocycles. The van der Waals surface area contributed by atoms with E-state index in [-0.39, 0.29) is 35.8 Å². The molecule has 4 rings (SSSR count). The van der Waals surface area contributed by atoms with Crippen LogP contribution in [0.15, 0.2) is 54.6 Å². The smallest absolute Gasteiger partial charge is 0.372 e. The number of nitrogens with two attached hydrogens (primary N) is 1. The zero-order chi connectivity index (χ0) is 25.5. The van der Waals surface area contributed by atoms with Crippen LogP contribution in [0.25, 0.3) is 10.8 Å². The molecule has 6 nitrogen and oxygen atoms in total. The maximum absolute atomic E-state index is 14.3. The Kier molecular flexibility index (Phi) is 7.69. The monoisotopic (exact) mass is 521 g/mol. The summed E-state index contributed by atoms with van der Waals surface area (Å²) in [7, 11) is 0. The van der Waals surface area contributed by atoms with Gasteiger partial charge in [0.25, 0.3) is 5.91 Å². The first kappa shape index (κ1) is 27.4. The zero-order valence-electron chi connectivity index (χ0n) is 19.8. The van der Waals surface area contributed by atoms with Crippen LogP contribution < -0.4 is 10.6 Å². The fraction of sp³-hybridized carbons (Fsp3) is 0.308. The second-order valence-corrected chi connectivity index (χ2v) is 8.54. The number of benzene rings is 3. The summed E-state index contributed by atoms with van der Waals surface area (Å²) in [5.74, 6) is -1.96. The van der Waals surface area contributed by atoms with Crippen LogP contribution in [0, 0.1) is 0 Å². The lowest BCUT2D eigenvalue weighted by molar-refractivity contribution is -0.142. The van der Waals surface area contributed by atoms with E-state index in [1.807, 2.05) is 30.9 Å². The van der Waals surface area contributed by atoms with Crippen molar-refractivity contribution >= 4 is 40.7 Å². The van der Waals surface area contributed by atoms with Crippen molar-refractivity contribution in [3.8, 4) is 0 Å². The minimum absolute atomic E-state index is 0. The van der Waals surface area contributed by atoms with Gasteiger partial charge in [0.05, 0.1) is 11.3 Å². The summed E-state index contributed by atoms with van der Waals surface area (Å²) in [4.78, 5) is 28.8. The second-order valence-electron chi connectivity index (χ2n) is 8.54. The Morgan fingerprint density at radius 1 is 1.06 bits per heavy atom. The van der Waals surface area contributed by atoms with Crippen molar-refractivity contribution in [3.05, 3.63) is 76.9 Å². The Hall–Kier alpha value is -3.14. The van der Waals surface area contributed by atoms with Gasteiger partial charge in [-0.1, -0.05) is 50.2 Å². The normalized spacial score (nSPS) is 17.4. The number of likely N-dealkylation sites (N-methyl/N-ethyl adjacent to an activating group) is 1. The molecule has 3 aromatic rings. The SMILES string of the molecule is CCN(CC)CCN1C(=O)C(O)(c2ccc3ccccc3c2)c2c1cc(C(N)=O)cc2C(F)(F)F.Cl. The van der Waals surface area contributed by atoms with Crippen molar-refractivity contribution in [2.24, 2.45) is 5.73 Å². The maximum Gasteiger partial charge on any atom is 0.416 e. The van der Waals surface area contributed by atoms with Crippen molar-refractivity contribution in [2.45, 2.75) is 25.6 Å². The number of rotatable bonds is 7. The molecule has 36 heavy (non-hydrogen) atoms. The molecule has 192 valence electrons. The molecular formula is C26H27ClF3N3O3. The highest BCUT2D eigenvalue weighted by Crippen LogP contribution is 2.50. The number of fused-ring (bicyclic) bond motifs is 2. The van der Waals surface area contributed by atoms with Gasteiger partial charge in [-0.05, 0) is 47.6 Å². The largest absolute Gasteiger partial charge is 0.416 e. The number of hydrogen-bond acceptors (Lipinski definition) is 4. The molecule has 3 aromatic carbocycles. The summed E-state index contributed by atoms with van der Waals surface area (Å²) in [5, 5.41) is 13.3. The molecule has 0 fully saturated rings. The van der Waals surface area contributed by atoms with Crippen molar-refractivity contribution in [1.82, 2.24) is 4.90 Å². The lowest BCUT2D eigenvalue weighted by atomic mass is 9.83. The van der Waals surface area contributed by atoms with E-state index >= 15 is 0 Å². The Bertz CT molecular complexity index is 1310. The van der Waals surface area contributed by atoms with Crippen molar-refractivity contribution in [1.29, 1.82) is 0 Å². The number of anilines is 1. The van der Waals surface area contributed by atoms with Gasteiger partial charge >= 0.3 is 6.18 Å². The number of aliphatic hydroxyl groups is 1. The summed E-state index contributed by atoms with van der Waals surface area (Å²) in [6.45, 7) is 5.62. The molecular weight excluding hydrogens is 495 g/mol. The van der Waals surface area contributed by atoms with Gasteiger partial charge in [-0.2, -0.15) is 13.2 Å². The van der Waals surface area contributed by atoms with Crippen LogP contribution in [-0.2, 0) is 16.6 Å². The van der Waals surface area contributed by atoms with E-state index in [9.17, 15) is 27.9 Å². The lowest BCUT2D eigenvalue weighted by Crippen LogP contribution is -2.44. The first-order valence-corrected chi connectivity index (χ1v) is 11.3. The van der Waals surface area contributed by atoms with Gasteiger partial charge in [0.15, 0.2) is 5.60 Å². The van der Waals surface area contributed by atoms with Crippen LogP contribution in [0.2, 0.25) is 0 Å². The molecule has 0 radical (unpaired) electrons. The number of carbonyl (C=O) groups excluding carboxylic acids is 2. The van der Waals surface area contributed by atoms with Gasteiger partial charge in [0.2, 0.25) is 5.91 Å². The van der Waals surface area contributed by atoms with Crippen LogP contribution in [0.5, 0.6) is 0 Å². The molecule has 1 aliphatic heterocycles. The van der Waals surface area contributed by atoms with E-state index in [0.29, 0.717) is 31.1 Å². The fourth-order valence-electron chi connectivity index (χ4n) is 4.68. The first-order chi connectivity index (χ1) is 16.5. The van der Waals surface area contributed by atoms with Gasteiger partial charge in [-0.15, -0.1) is 12.4 Å². The lowest BCUT2D eigenvalue weighted by Gasteiger charge is -2.26. The molecule has 0 spiro atoms. The van der Waals surface area contributed by atoms with E-state index in [1.165, 1.54) is 12.1 Å². The molecule has 1 unspecified atom stereocenters. The standard InChI is InChI=1S/C26H26F3N3O3.ClH/c1-3-31(4-2)11-12-32-21-15-18(23(30)33)14-20(26(27,28)29)22(21)25(35,24(32)34)19-10-9-16-7-5-6-8-17(16)13-19;/h5-10,13-15,35H,3-4,11-12H2,1-2H3,(H2,30,33);1H. The summed E-state index contributed by atoms with van der Waals surface area (Å²) >= 11 is 0. The summed E-state index contributed by atoms with van der Waals surface area (Å²) < 4.78 is 42.8. The molecule has 0 bridgehead atoms. The van der Waals surface area contributed by atoms with Gasteiger partial charge < -0.3 is 20.6 Å². The quantitative estimate of drug-likeness (QED) is 0.485. The summed E-state index contributed by atoms with van der Waals surface area (Å²) in [6, 6.07) is 13.5. The number of carbonyl (C=O) groups is 2. The minimum Gasteiger partial charge on any atom is -0.372 e. The Labute approximate surface area is 212 Å². The van der Waals surface area contributed by atoms with E-state index in [1.54, 1.807) is 18.2 Å².